The average Bonchev–Trinajstić information content (AvgIpc) is 3.29. The van der Waals surface area contributed by atoms with Crippen molar-refractivity contribution >= 4 is 29.7 Å². The number of hydrogen-bond donors (Lipinski definition) is 0. The molecule has 168 valence electrons. The first-order valence-electron chi connectivity index (χ1n) is 11.4. The highest BCUT2D eigenvalue weighted by Crippen LogP contribution is 2.32. The monoisotopic (exact) mass is 434 g/mol. The number of nitro benzene ring substituents is 1. The Bertz CT molecular complexity index is 964. The summed E-state index contributed by atoms with van der Waals surface area (Å²) in [5.74, 6) is 2.24. The Balaban J connectivity index is 0.000000860. The SMILES string of the molecule is CC.CC.N#CB1CCN(c2ccc(C(=O)N3CCc4cc([N+](=O)[O-])ccc43)cc2)CC1. The van der Waals surface area contributed by atoms with Crippen molar-refractivity contribution in [2.24, 2.45) is 0 Å². The Morgan fingerprint density at radius 3 is 2.22 bits per heavy atom. The van der Waals surface area contributed by atoms with E-state index in [1.165, 1.54) is 6.07 Å². The van der Waals surface area contributed by atoms with Crippen molar-refractivity contribution in [3.63, 3.8) is 0 Å². The molecule has 0 atom stereocenters. The highest BCUT2D eigenvalue weighted by molar-refractivity contribution is 6.67. The molecule has 8 heteroatoms. The Labute approximate surface area is 190 Å². The molecule has 0 bridgehead atoms. The summed E-state index contributed by atoms with van der Waals surface area (Å²) in [5.41, 5.74) is 3.29. The van der Waals surface area contributed by atoms with Crippen LogP contribution in [-0.2, 0) is 6.42 Å². The van der Waals surface area contributed by atoms with Crippen LogP contribution in [0.1, 0.15) is 43.6 Å². The normalized spacial score (nSPS) is 14.3. The van der Waals surface area contributed by atoms with Gasteiger partial charge in [-0.2, -0.15) is 0 Å². The van der Waals surface area contributed by atoms with Crippen molar-refractivity contribution in [2.75, 3.05) is 29.4 Å². The van der Waals surface area contributed by atoms with E-state index in [9.17, 15) is 14.9 Å². The first-order chi connectivity index (χ1) is 15.6. The Hall–Kier alpha value is -3.34. The molecule has 0 N–H and O–H groups in total. The van der Waals surface area contributed by atoms with E-state index in [4.69, 9.17) is 5.26 Å². The van der Waals surface area contributed by atoms with Crippen LogP contribution in [0.15, 0.2) is 42.5 Å². The maximum atomic E-state index is 12.9. The average molecular weight is 434 g/mol. The number of non-ortho nitro benzene ring substituents is 1. The lowest BCUT2D eigenvalue weighted by Crippen LogP contribution is -2.36. The molecule has 2 aliphatic heterocycles. The Morgan fingerprint density at radius 1 is 1.03 bits per heavy atom. The number of nitriles is 1. The highest BCUT2D eigenvalue weighted by atomic mass is 16.6. The second-order valence-electron chi connectivity index (χ2n) is 7.21. The van der Waals surface area contributed by atoms with Gasteiger partial charge in [-0.1, -0.05) is 27.7 Å². The van der Waals surface area contributed by atoms with Crippen LogP contribution < -0.4 is 9.80 Å². The third-order valence-electron chi connectivity index (χ3n) is 5.57. The zero-order valence-corrected chi connectivity index (χ0v) is 19.4. The van der Waals surface area contributed by atoms with Crippen molar-refractivity contribution < 1.29 is 9.72 Å². The molecule has 0 radical (unpaired) electrons. The van der Waals surface area contributed by atoms with Crippen molar-refractivity contribution in [3.05, 3.63) is 63.7 Å². The van der Waals surface area contributed by atoms with Gasteiger partial charge in [-0.3, -0.25) is 14.9 Å². The van der Waals surface area contributed by atoms with E-state index in [-0.39, 0.29) is 18.3 Å². The van der Waals surface area contributed by atoms with Crippen LogP contribution in [0.3, 0.4) is 0 Å². The predicted octanol–water partition coefficient (Wildman–Crippen LogP) is 5.23. The van der Waals surface area contributed by atoms with Crippen molar-refractivity contribution in [3.8, 4) is 5.97 Å². The first kappa shape index (κ1) is 24.9. The van der Waals surface area contributed by atoms with Crippen LogP contribution >= 0.6 is 0 Å². The zero-order chi connectivity index (χ0) is 23.7. The van der Waals surface area contributed by atoms with E-state index >= 15 is 0 Å². The standard InChI is InChI=1S/C20H19BN4O3.2C2H6/c22-14-21-8-11-23(12-9-21)17-3-1-15(2-4-17)20(26)24-10-7-16-13-18(25(27)28)5-6-19(16)24;2*1-2/h1-6,13H,7-12H2;2*1-2H3. The van der Waals surface area contributed by atoms with Crippen LogP contribution in [0, 0.1) is 21.3 Å². The minimum atomic E-state index is -0.414. The number of hydrogen-bond acceptors (Lipinski definition) is 5. The second-order valence-corrected chi connectivity index (χ2v) is 7.21. The molecule has 0 aliphatic carbocycles. The largest absolute Gasteiger partial charge is 0.373 e. The molecule has 0 saturated carbocycles. The molecule has 4 rings (SSSR count). The third kappa shape index (κ3) is 5.47. The summed E-state index contributed by atoms with van der Waals surface area (Å²) >= 11 is 0. The number of carbonyl (C=O) groups is 1. The molecule has 2 aromatic rings. The van der Waals surface area contributed by atoms with E-state index in [0.29, 0.717) is 18.5 Å². The summed E-state index contributed by atoms with van der Waals surface area (Å²) in [4.78, 5) is 27.4. The van der Waals surface area contributed by atoms with Gasteiger partial charge in [0.1, 0.15) is 0 Å². The molecule has 1 saturated heterocycles. The van der Waals surface area contributed by atoms with Crippen molar-refractivity contribution in [1.29, 1.82) is 5.26 Å². The van der Waals surface area contributed by atoms with Gasteiger partial charge in [0.15, 0.2) is 0 Å². The molecular weight excluding hydrogens is 403 g/mol. The van der Waals surface area contributed by atoms with Gasteiger partial charge in [0, 0.05) is 54.7 Å². The molecule has 1 fully saturated rings. The number of nitrogens with zero attached hydrogens (tertiary/aromatic N) is 4. The summed E-state index contributed by atoms with van der Waals surface area (Å²) in [6.45, 7) is 10.4. The van der Waals surface area contributed by atoms with E-state index in [1.54, 1.807) is 17.0 Å². The van der Waals surface area contributed by atoms with Gasteiger partial charge < -0.3 is 9.80 Å². The number of fused-ring (bicyclic) bond motifs is 1. The molecule has 2 aliphatic rings. The van der Waals surface area contributed by atoms with Gasteiger partial charge >= 0.3 is 0 Å². The van der Waals surface area contributed by atoms with E-state index in [2.05, 4.69) is 10.9 Å². The lowest BCUT2D eigenvalue weighted by molar-refractivity contribution is -0.384. The fourth-order valence-corrected chi connectivity index (χ4v) is 3.95. The van der Waals surface area contributed by atoms with Crippen molar-refractivity contribution in [2.45, 2.75) is 46.8 Å². The van der Waals surface area contributed by atoms with E-state index in [1.807, 2.05) is 52.0 Å². The molecule has 1 amide bonds. The highest BCUT2D eigenvalue weighted by Gasteiger charge is 2.27. The van der Waals surface area contributed by atoms with Crippen LogP contribution in [0.25, 0.3) is 0 Å². The van der Waals surface area contributed by atoms with Gasteiger partial charge in [0.2, 0.25) is 0 Å². The molecule has 0 unspecified atom stereocenters. The third-order valence-corrected chi connectivity index (χ3v) is 5.57. The Kier molecular flexibility index (Phi) is 9.27. The summed E-state index contributed by atoms with van der Waals surface area (Å²) < 4.78 is 0. The topological polar surface area (TPSA) is 90.5 Å². The van der Waals surface area contributed by atoms with Crippen LogP contribution in [0.2, 0.25) is 12.6 Å². The fourth-order valence-electron chi connectivity index (χ4n) is 3.95. The predicted molar refractivity (Wildman–Crippen MR) is 131 cm³/mol. The summed E-state index contributed by atoms with van der Waals surface area (Å²) in [7, 11) is 0. The maximum absolute atomic E-state index is 12.9. The molecule has 2 aromatic carbocycles. The number of rotatable bonds is 3. The number of carbonyl (C=O) groups excluding carboxylic acids is 1. The number of benzene rings is 2. The Morgan fingerprint density at radius 2 is 1.66 bits per heavy atom. The van der Waals surface area contributed by atoms with Crippen LogP contribution in [-0.4, -0.2) is 37.2 Å². The summed E-state index contributed by atoms with van der Waals surface area (Å²) in [5, 5.41) is 20.0. The quantitative estimate of drug-likeness (QED) is 0.375. The van der Waals surface area contributed by atoms with E-state index < -0.39 is 4.92 Å². The minimum Gasteiger partial charge on any atom is -0.373 e. The van der Waals surface area contributed by atoms with Gasteiger partial charge in [0.25, 0.3) is 18.3 Å². The molecule has 32 heavy (non-hydrogen) atoms. The second kappa shape index (κ2) is 11.9. The lowest BCUT2D eigenvalue weighted by Gasteiger charge is -2.30. The van der Waals surface area contributed by atoms with Gasteiger partial charge in [-0.15, -0.1) is 0 Å². The zero-order valence-electron chi connectivity index (χ0n) is 19.4. The van der Waals surface area contributed by atoms with Crippen LogP contribution in [0.5, 0.6) is 0 Å². The summed E-state index contributed by atoms with van der Waals surface area (Å²) in [6, 6.07) is 12.2. The maximum Gasteiger partial charge on any atom is 0.271 e. The first-order valence-corrected chi connectivity index (χ1v) is 11.4. The lowest BCUT2D eigenvalue weighted by atomic mass is 9.45. The number of anilines is 2. The number of nitro groups is 1. The molecular formula is C24H31BN4O3. The molecule has 0 aromatic heterocycles. The molecule has 0 spiro atoms. The smallest absolute Gasteiger partial charge is 0.271 e. The van der Waals surface area contributed by atoms with Gasteiger partial charge in [0.05, 0.1) is 4.92 Å². The van der Waals surface area contributed by atoms with Crippen molar-refractivity contribution in [1.82, 2.24) is 0 Å². The molecule has 7 nitrogen and oxygen atoms in total. The van der Waals surface area contributed by atoms with Gasteiger partial charge in [-0.25, -0.2) is 5.26 Å². The fraction of sp³-hybridized carbons (Fsp3) is 0.417. The number of amides is 1. The van der Waals surface area contributed by atoms with Crippen LogP contribution in [0.4, 0.5) is 17.1 Å². The summed E-state index contributed by atoms with van der Waals surface area (Å²) in [6.07, 6.45) is 2.36. The van der Waals surface area contributed by atoms with E-state index in [0.717, 1.165) is 42.7 Å². The molecule has 2 heterocycles. The minimum absolute atomic E-state index is 0.0533. The van der Waals surface area contributed by atoms with Gasteiger partial charge in [-0.05, 0) is 55.0 Å².